The van der Waals surface area contributed by atoms with Gasteiger partial charge in [-0.3, -0.25) is 4.79 Å². The second-order valence-electron chi connectivity index (χ2n) is 6.61. The molecule has 2 N–H and O–H groups in total. The highest BCUT2D eigenvalue weighted by Crippen LogP contribution is 2.39. The fourth-order valence-electron chi connectivity index (χ4n) is 3.09. The summed E-state index contributed by atoms with van der Waals surface area (Å²) in [6, 6.07) is 11.7. The molecule has 0 bridgehead atoms. The summed E-state index contributed by atoms with van der Waals surface area (Å²) < 4.78 is 40.7. The summed E-state index contributed by atoms with van der Waals surface area (Å²) in [7, 11) is 1.59. The average molecular weight is 429 g/mol. The zero-order chi connectivity index (χ0) is 20.3. The maximum Gasteiger partial charge on any atom is 0.387 e. The molecule has 2 unspecified atom stereocenters. The van der Waals surface area contributed by atoms with Crippen LogP contribution in [0.25, 0.3) is 0 Å². The van der Waals surface area contributed by atoms with E-state index < -0.39 is 18.6 Å². The molecule has 0 saturated carbocycles. The van der Waals surface area contributed by atoms with Gasteiger partial charge in [0, 0.05) is 31.3 Å². The lowest BCUT2D eigenvalue weighted by Crippen LogP contribution is -2.36. The molecule has 0 aromatic heterocycles. The van der Waals surface area contributed by atoms with Crippen LogP contribution in [0.5, 0.6) is 17.2 Å². The summed E-state index contributed by atoms with van der Waals surface area (Å²) in [4.78, 5) is 14.3. The first-order valence-corrected chi connectivity index (χ1v) is 8.79. The minimum atomic E-state index is -2.99. The molecule has 6 nitrogen and oxygen atoms in total. The second kappa shape index (κ2) is 9.76. The van der Waals surface area contributed by atoms with E-state index in [4.69, 9.17) is 15.2 Å². The largest absolute Gasteiger partial charge is 0.454 e. The van der Waals surface area contributed by atoms with Gasteiger partial charge >= 0.3 is 6.61 Å². The lowest BCUT2D eigenvalue weighted by molar-refractivity contribution is -0.134. The van der Waals surface area contributed by atoms with E-state index in [1.807, 2.05) is 30.3 Å². The number of benzene rings is 2. The van der Waals surface area contributed by atoms with E-state index in [0.717, 1.165) is 5.56 Å². The van der Waals surface area contributed by atoms with Crippen molar-refractivity contribution in [3.63, 3.8) is 0 Å². The molecule has 2 aromatic rings. The summed E-state index contributed by atoms with van der Waals surface area (Å²) >= 11 is 0. The molecule has 9 heteroatoms. The zero-order valence-electron chi connectivity index (χ0n) is 16.0. The number of alkyl halides is 2. The van der Waals surface area contributed by atoms with Crippen LogP contribution in [0.2, 0.25) is 0 Å². The van der Waals surface area contributed by atoms with Crippen molar-refractivity contribution >= 4 is 18.3 Å². The Bertz CT molecular complexity index is 839. The number of hydrogen-bond donors (Lipinski definition) is 1. The van der Waals surface area contributed by atoms with E-state index in [1.54, 1.807) is 20.0 Å². The summed E-state index contributed by atoms with van der Waals surface area (Å²) in [5.74, 6) is -0.0175. The maximum absolute atomic E-state index is 12.8. The van der Waals surface area contributed by atoms with Crippen molar-refractivity contribution in [3.05, 3.63) is 53.6 Å². The molecule has 1 aliphatic heterocycles. The third kappa shape index (κ3) is 5.27. The van der Waals surface area contributed by atoms with Crippen molar-refractivity contribution in [2.24, 2.45) is 11.7 Å². The van der Waals surface area contributed by atoms with Gasteiger partial charge in [0.1, 0.15) is 5.75 Å². The summed E-state index contributed by atoms with van der Waals surface area (Å²) in [6.45, 7) is -1.19. The predicted molar refractivity (Wildman–Crippen MR) is 105 cm³/mol. The Hall–Kier alpha value is -2.58. The Morgan fingerprint density at radius 2 is 1.83 bits per heavy atom. The maximum atomic E-state index is 12.8. The minimum absolute atomic E-state index is 0. The fourth-order valence-corrected chi connectivity index (χ4v) is 3.09. The summed E-state index contributed by atoms with van der Waals surface area (Å²) in [5, 5.41) is 0. The van der Waals surface area contributed by atoms with Crippen LogP contribution in [-0.4, -0.2) is 31.3 Å². The first-order chi connectivity index (χ1) is 13.4. The van der Waals surface area contributed by atoms with E-state index in [0.29, 0.717) is 17.1 Å². The van der Waals surface area contributed by atoms with Crippen molar-refractivity contribution in [2.45, 2.75) is 26.1 Å². The number of halogens is 3. The first kappa shape index (κ1) is 22.7. The van der Waals surface area contributed by atoms with Crippen molar-refractivity contribution in [2.75, 3.05) is 13.8 Å². The first-order valence-electron chi connectivity index (χ1n) is 8.79. The molecule has 2 aromatic carbocycles. The summed E-state index contributed by atoms with van der Waals surface area (Å²) in [5.41, 5.74) is 7.47. The Balaban J connectivity index is 0.00000300. The minimum Gasteiger partial charge on any atom is -0.454 e. The molecule has 1 aliphatic rings. The topological polar surface area (TPSA) is 74.0 Å². The number of ether oxygens (including phenoxy) is 3. The Labute approximate surface area is 173 Å². The smallest absolute Gasteiger partial charge is 0.387 e. The van der Waals surface area contributed by atoms with Crippen molar-refractivity contribution in [3.8, 4) is 17.2 Å². The molecule has 1 heterocycles. The monoisotopic (exact) mass is 428 g/mol. The van der Waals surface area contributed by atoms with E-state index in [-0.39, 0.29) is 37.4 Å². The molecule has 1 amide bonds. The molecule has 0 aliphatic carbocycles. The third-order valence-electron chi connectivity index (χ3n) is 4.67. The highest BCUT2D eigenvalue weighted by atomic mass is 35.5. The number of fused-ring (bicyclic) bond motifs is 1. The van der Waals surface area contributed by atoms with Crippen LogP contribution in [-0.2, 0) is 11.3 Å². The molecule has 0 saturated heterocycles. The van der Waals surface area contributed by atoms with Crippen molar-refractivity contribution in [1.29, 1.82) is 0 Å². The van der Waals surface area contributed by atoms with Crippen LogP contribution < -0.4 is 19.9 Å². The van der Waals surface area contributed by atoms with Gasteiger partial charge in [-0.1, -0.05) is 37.3 Å². The fraction of sp³-hybridized carbons (Fsp3) is 0.350. The zero-order valence-corrected chi connectivity index (χ0v) is 16.8. The molecule has 158 valence electrons. The van der Waals surface area contributed by atoms with Gasteiger partial charge in [0.25, 0.3) is 0 Å². The van der Waals surface area contributed by atoms with E-state index >= 15 is 0 Å². The van der Waals surface area contributed by atoms with Gasteiger partial charge in [-0.05, 0) is 11.6 Å². The SMILES string of the molecule is CC(C(=O)N(C)Cc1cc2c(cc1OC(F)F)OCO2)C(N)c1ccccc1.Cl. The van der Waals surface area contributed by atoms with Crippen LogP contribution in [0.3, 0.4) is 0 Å². The second-order valence-corrected chi connectivity index (χ2v) is 6.61. The predicted octanol–water partition coefficient (Wildman–Crippen LogP) is 3.73. The Morgan fingerprint density at radius 3 is 2.45 bits per heavy atom. The number of carbonyl (C=O) groups excluding carboxylic acids is 1. The number of rotatable bonds is 7. The lowest BCUT2D eigenvalue weighted by atomic mass is 9.94. The van der Waals surface area contributed by atoms with E-state index in [1.165, 1.54) is 11.0 Å². The quantitative estimate of drug-likeness (QED) is 0.727. The number of nitrogens with zero attached hydrogens (tertiary/aromatic N) is 1. The molecular weight excluding hydrogens is 406 g/mol. The van der Waals surface area contributed by atoms with Crippen LogP contribution >= 0.6 is 12.4 Å². The molecule has 29 heavy (non-hydrogen) atoms. The summed E-state index contributed by atoms with van der Waals surface area (Å²) in [6.07, 6.45) is 0. The lowest BCUT2D eigenvalue weighted by Gasteiger charge is -2.26. The molecule has 3 rings (SSSR count). The molecule has 0 radical (unpaired) electrons. The van der Waals surface area contributed by atoms with Crippen molar-refractivity contribution in [1.82, 2.24) is 4.90 Å². The van der Waals surface area contributed by atoms with Gasteiger partial charge in [0.2, 0.25) is 12.7 Å². The number of hydrogen-bond acceptors (Lipinski definition) is 5. The van der Waals surface area contributed by atoms with Gasteiger partial charge in [-0.15, -0.1) is 12.4 Å². The number of nitrogens with two attached hydrogens (primary N) is 1. The van der Waals surface area contributed by atoms with Gasteiger partial charge in [0.05, 0.1) is 5.92 Å². The standard InChI is InChI=1S/C20H22F2N2O4.ClH/c1-12(18(23)13-6-4-3-5-7-13)19(25)24(2)10-14-8-16-17(27-11-26-16)9-15(14)28-20(21)22;/h3-9,12,18,20H,10-11,23H2,1-2H3;1H. The van der Waals surface area contributed by atoms with Crippen LogP contribution in [0.4, 0.5) is 8.78 Å². The van der Waals surface area contributed by atoms with Gasteiger partial charge in [0.15, 0.2) is 11.5 Å². The van der Waals surface area contributed by atoms with Crippen molar-refractivity contribution < 1.29 is 27.8 Å². The third-order valence-corrected chi connectivity index (χ3v) is 4.67. The molecule has 0 spiro atoms. The number of carbonyl (C=O) groups is 1. The highest BCUT2D eigenvalue weighted by molar-refractivity contribution is 5.85. The van der Waals surface area contributed by atoms with Crippen LogP contribution in [0, 0.1) is 5.92 Å². The van der Waals surface area contributed by atoms with E-state index in [2.05, 4.69) is 4.74 Å². The van der Waals surface area contributed by atoms with E-state index in [9.17, 15) is 13.6 Å². The normalized spacial score (nSPS) is 14.1. The number of amides is 1. The molecule has 2 atom stereocenters. The average Bonchev–Trinajstić information content (AvgIpc) is 3.13. The highest BCUT2D eigenvalue weighted by Gasteiger charge is 2.27. The van der Waals surface area contributed by atoms with Crippen LogP contribution in [0.1, 0.15) is 24.1 Å². The molecular formula is C20H23ClF2N2O4. The van der Waals surface area contributed by atoms with Gasteiger partial charge in [-0.25, -0.2) is 0 Å². The Morgan fingerprint density at radius 1 is 1.21 bits per heavy atom. The Kier molecular flexibility index (Phi) is 7.64. The van der Waals surface area contributed by atoms with Crippen LogP contribution in [0.15, 0.2) is 42.5 Å². The van der Waals surface area contributed by atoms with Gasteiger partial charge < -0.3 is 24.8 Å². The van der Waals surface area contributed by atoms with Gasteiger partial charge in [-0.2, -0.15) is 8.78 Å². The molecule has 0 fully saturated rings.